The highest BCUT2D eigenvalue weighted by atomic mass is 35.5. The Morgan fingerprint density at radius 2 is 1.90 bits per heavy atom. The minimum atomic E-state index is -0.405. The van der Waals surface area contributed by atoms with E-state index in [4.69, 9.17) is 21.1 Å². The standard InChI is InChI=1S/C24H19ClN2O4/c1-30-20-5-3-2-4-16(20)13-22-24(29)27-19-12-17(8-11-21(19)31-22)23(28)26-14-15-6-9-18(25)10-7-15/h2-13H,14H2,1H3,(H,26,28)(H,27,29)/b22-13-. The van der Waals surface area contributed by atoms with E-state index in [1.54, 1.807) is 49.6 Å². The van der Waals surface area contributed by atoms with Gasteiger partial charge in [0.15, 0.2) is 11.5 Å². The molecule has 1 aliphatic rings. The van der Waals surface area contributed by atoms with Crippen molar-refractivity contribution in [3.63, 3.8) is 0 Å². The van der Waals surface area contributed by atoms with Crippen LogP contribution in [0.4, 0.5) is 5.69 Å². The molecule has 6 nitrogen and oxygen atoms in total. The predicted octanol–water partition coefficient (Wildman–Crippen LogP) is 4.65. The highest BCUT2D eigenvalue weighted by Crippen LogP contribution is 2.33. The van der Waals surface area contributed by atoms with Gasteiger partial charge in [-0.25, -0.2) is 0 Å². The molecule has 156 valence electrons. The van der Waals surface area contributed by atoms with Crippen LogP contribution in [-0.4, -0.2) is 18.9 Å². The molecule has 0 atom stereocenters. The van der Waals surface area contributed by atoms with Crippen molar-refractivity contribution in [2.75, 3.05) is 12.4 Å². The Morgan fingerprint density at radius 3 is 2.68 bits per heavy atom. The fraction of sp³-hybridized carbons (Fsp3) is 0.0833. The first kappa shape index (κ1) is 20.5. The predicted molar refractivity (Wildman–Crippen MR) is 119 cm³/mol. The second-order valence-electron chi connectivity index (χ2n) is 6.83. The molecule has 0 spiro atoms. The van der Waals surface area contributed by atoms with E-state index in [2.05, 4.69) is 10.6 Å². The Labute approximate surface area is 184 Å². The summed E-state index contributed by atoms with van der Waals surface area (Å²) in [6.07, 6.45) is 1.61. The van der Waals surface area contributed by atoms with Crippen LogP contribution in [0.1, 0.15) is 21.5 Å². The molecule has 0 saturated heterocycles. The van der Waals surface area contributed by atoms with Crippen LogP contribution in [0.2, 0.25) is 5.02 Å². The summed E-state index contributed by atoms with van der Waals surface area (Å²) in [6.45, 7) is 0.363. The van der Waals surface area contributed by atoms with Gasteiger partial charge in [-0.15, -0.1) is 0 Å². The molecule has 1 heterocycles. The van der Waals surface area contributed by atoms with Gasteiger partial charge in [0.05, 0.1) is 12.8 Å². The van der Waals surface area contributed by atoms with Crippen LogP contribution < -0.4 is 20.1 Å². The van der Waals surface area contributed by atoms with E-state index in [1.165, 1.54) is 0 Å². The van der Waals surface area contributed by atoms with Gasteiger partial charge < -0.3 is 20.1 Å². The summed E-state index contributed by atoms with van der Waals surface area (Å²) < 4.78 is 11.1. The number of carbonyl (C=O) groups is 2. The molecular formula is C24H19ClN2O4. The summed E-state index contributed by atoms with van der Waals surface area (Å²) >= 11 is 5.88. The van der Waals surface area contributed by atoms with Crippen molar-refractivity contribution in [2.24, 2.45) is 0 Å². The molecule has 4 rings (SSSR count). The van der Waals surface area contributed by atoms with Crippen molar-refractivity contribution < 1.29 is 19.1 Å². The number of rotatable bonds is 5. The Kier molecular flexibility index (Phi) is 5.91. The van der Waals surface area contributed by atoms with E-state index >= 15 is 0 Å². The molecule has 0 bridgehead atoms. The van der Waals surface area contributed by atoms with Gasteiger partial charge in [-0.3, -0.25) is 9.59 Å². The number of halogens is 1. The monoisotopic (exact) mass is 434 g/mol. The van der Waals surface area contributed by atoms with Crippen molar-refractivity contribution >= 4 is 35.2 Å². The molecule has 0 aliphatic carbocycles. The Bertz CT molecular complexity index is 1170. The van der Waals surface area contributed by atoms with E-state index in [0.717, 1.165) is 11.1 Å². The summed E-state index contributed by atoms with van der Waals surface area (Å²) in [5.74, 6) is 0.552. The number of benzene rings is 3. The molecule has 0 aromatic heterocycles. The zero-order valence-electron chi connectivity index (χ0n) is 16.6. The zero-order chi connectivity index (χ0) is 21.8. The van der Waals surface area contributed by atoms with Gasteiger partial charge in [0.1, 0.15) is 5.75 Å². The number of hydrogen-bond donors (Lipinski definition) is 2. The molecule has 0 radical (unpaired) electrons. The Balaban J connectivity index is 1.49. The van der Waals surface area contributed by atoms with E-state index in [0.29, 0.717) is 34.3 Å². The highest BCUT2D eigenvalue weighted by molar-refractivity contribution is 6.30. The molecule has 3 aromatic carbocycles. The minimum Gasteiger partial charge on any atom is -0.496 e. The third-order valence-electron chi connectivity index (χ3n) is 4.73. The third-order valence-corrected chi connectivity index (χ3v) is 4.98. The van der Waals surface area contributed by atoms with Gasteiger partial charge in [-0.1, -0.05) is 41.9 Å². The lowest BCUT2D eigenvalue weighted by atomic mass is 10.1. The molecule has 7 heteroatoms. The lowest BCUT2D eigenvalue weighted by Crippen LogP contribution is -2.25. The van der Waals surface area contributed by atoms with Gasteiger partial charge >= 0.3 is 0 Å². The van der Waals surface area contributed by atoms with Gasteiger partial charge in [-0.2, -0.15) is 0 Å². The SMILES string of the molecule is COc1ccccc1/C=C1\Oc2ccc(C(=O)NCc3ccc(Cl)cc3)cc2NC1=O. The summed E-state index contributed by atoms with van der Waals surface area (Å²) in [5, 5.41) is 6.26. The van der Waals surface area contributed by atoms with Crippen molar-refractivity contribution in [1.82, 2.24) is 5.32 Å². The normalized spacial score (nSPS) is 13.7. The first-order valence-electron chi connectivity index (χ1n) is 9.54. The quantitative estimate of drug-likeness (QED) is 0.573. The van der Waals surface area contributed by atoms with Gasteiger partial charge in [0.2, 0.25) is 0 Å². The lowest BCUT2D eigenvalue weighted by Gasteiger charge is -2.20. The summed E-state index contributed by atoms with van der Waals surface area (Å²) in [6, 6.07) is 19.4. The van der Waals surface area contributed by atoms with Crippen LogP contribution in [0.25, 0.3) is 6.08 Å². The molecule has 2 amide bonds. The zero-order valence-corrected chi connectivity index (χ0v) is 17.4. The van der Waals surface area contributed by atoms with Crippen molar-refractivity contribution in [2.45, 2.75) is 6.54 Å². The fourth-order valence-electron chi connectivity index (χ4n) is 3.12. The van der Waals surface area contributed by atoms with Crippen LogP contribution in [0, 0.1) is 0 Å². The van der Waals surface area contributed by atoms with Crippen molar-refractivity contribution in [3.05, 3.63) is 94.2 Å². The van der Waals surface area contributed by atoms with Gasteiger partial charge in [-0.05, 0) is 48.0 Å². The second kappa shape index (κ2) is 8.93. The smallest absolute Gasteiger partial charge is 0.291 e. The Morgan fingerprint density at radius 1 is 1.13 bits per heavy atom. The molecule has 0 unspecified atom stereocenters. The number of methoxy groups -OCH3 is 1. The van der Waals surface area contributed by atoms with Crippen LogP contribution in [0.15, 0.2) is 72.5 Å². The minimum absolute atomic E-state index is 0.136. The average molecular weight is 435 g/mol. The number of para-hydroxylation sites is 1. The maximum Gasteiger partial charge on any atom is 0.291 e. The van der Waals surface area contributed by atoms with E-state index in [9.17, 15) is 9.59 Å². The number of carbonyl (C=O) groups excluding carboxylic acids is 2. The largest absolute Gasteiger partial charge is 0.496 e. The number of amides is 2. The van der Waals surface area contributed by atoms with Gasteiger partial charge in [0.25, 0.3) is 11.8 Å². The van der Waals surface area contributed by atoms with Crippen molar-refractivity contribution in [3.8, 4) is 11.5 Å². The number of hydrogen-bond acceptors (Lipinski definition) is 4. The van der Waals surface area contributed by atoms with Crippen LogP contribution >= 0.6 is 11.6 Å². The lowest BCUT2D eigenvalue weighted by molar-refractivity contribution is -0.115. The van der Waals surface area contributed by atoms with Crippen LogP contribution in [-0.2, 0) is 11.3 Å². The van der Waals surface area contributed by atoms with Crippen LogP contribution in [0.3, 0.4) is 0 Å². The number of nitrogens with one attached hydrogen (secondary N) is 2. The molecular weight excluding hydrogens is 416 g/mol. The summed E-state index contributed by atoms with van der Waals surface area (Å²) in [5.41, 5.74) is 2.49. The number of anilines is 1. The average Bonchev–Trinajstić information content (AvgIpc) is 2.79. The number of fused-ring (bicyclic) bond motifs is 1. The maximum absolute atomic E-state index is 12.5. The third kappa shape index (κ3) is 4.70. The van der Waals surface area contributed by atoms with Crippen LogP contribution in [0.5, 0.6) is 11.5 Å². The topological polar surface area (TPSA) is 76.7 Å². The van der Waals surface area contributed by atoms with E-state index in [-0.39, 0.29) is 11.7 Å². The first-order valence-corrected chi connectivity index (χ1v) is 9.92. The maximum atomic E-state index is 12.5. The molecule has 0 saturated carbocycles. The molecule has 1 aliphatic heterocycles. The molecule has 0 fully saturated rings. The first-order chi connectivity index (χ1) is 15.0. The van der Waals surface area contributed by atoms with E-state index in [1.807, 2.05) is 30.3 Å². The summed E-state index contributed by atoms with van der Waals surface area (Å²) in [4.78, 5) is 25.0. The fourth-order valence-corrected chi connectivity index (χ4v) is 3.24. The van der Waals surface area contributed by atoms with Gasteiger partial charge in [0, 0.05) is 22.7 Å². The van der Waals surface area contributed by atoms with E-state index < -0.39 is 5.91 Å². The van der Waals surface area contributed by atoms with Crippen molar-refractivity contribution in [1.29, 1.82) is 0 Å². The Hall–Kier alpha value is -3.77. The molecule has 31 heavy (non-hydrogen) atoms. The molecule has 3 aromatic rings. The molecule has 2 N–H and O–H groups in total. The second-order valence-corrected chi connectivity index (χ2v) is 7.26. The highest BCUT2D eigenvalue weighted by Gasteiger charge is 2.23. The summed E-state index contributed by atoms with van der Waals surface area (Å²) in [7, 11) is 1.56. The number of ether oxygens (including phenoxy) is 2.